The van der Waals surface area contributed by atoms with Gasteiger partial charge in [0.2, 0.25) is 11.8 Å². The average molecular weight is 312 g/mol. The maximum Gasteiger partial charge on any atom is 0.247 e. The largest absolute Gasteiger partial charge is 0.399 e. The Hall–Kier alpha value is -2.27. The van der Waals surface area contributed by atoms with Gasteiger partial charge in [0.25, 0.3) is 0 Å². The van der Waals surface area contributed by atoms with Crippen molar-refractivity contribution in [3.8, 4) is 0 Å². The third kappa shape index (κ3) is 2.85. The summed E-state index contributed by atoms with van der Waals surface area (Å²) < 4.78 is 0. The number of anilines is 2. The molecule has 0 radical (unpaired) electrons. The zero-order valence-electron chi connectivity index (χ0n) is 12.2. The molecule has 0 unspecified atom stereocenters. The number of nitrogens with zero attached hydrogens (tertiary/aromatic N) is 1. The SMILES string of the molecule is Cc1cccc(N2C(=O)C[C@@H](Sc3cccc(N)c3)C2=O)c1. The normalized spacial score (nSPS) is 18.0. The molecule has 4 nitrogen and oxygen atoms in total. The number of amides is 2. The van der Waals surface area contributed by atoms with E-state index >= 15 is 0 Å². The quantitative estimate of drug-likeness (QED) is 0.699. The molecule has 0 bridgehead atoms. The van der Waals surface area contributed by atoms with Gasteiger partial charge in [-0.15, -0.1) is 11.8 Å². The van der Waals surface area contributed by atoms with Crippen LogP contribution in [0.1, 0.15) is 12.0 Å². The lowest BCUT2D eigenvalue weighted by molar-refractivity contribution is -0.121. The monoisotopic (exact) mass is 312 g/mol. The molecular formula is C17H16N2O2S. The van der Waals surface area contributed by atoms with Crippen LogP contribution in [0.4, 0.5) is 11.4 Å². The summed E-state index contributed by atoms with van der Waals surface area (Å²) in [6, 6.07) is 14.8. The van der Waals surface area contributed by atoms with E-state index < -0.39 is 5.25 Å². The smallest absolute Gasteiger partial charge is 0.247 e. The molecule has 1 aliphatic rings. The minimum Gasteiger partial charge on any atom is -0.399 e. The second-order valence-corrected chi connectivity index (χ2v) is 6.57. The van der Waals surface area contributed by atoms with Crippen LogP contribution in [0.5, 0.6) is 0 Å². The molecule has 0 aliphatic carbocycles. The number of imide groups is 1. The van der Waals surface area contributed by atoms with Gasteiger partial charge in [-0.3, -0.25) is 9.59 Å². The van der Waals surface area contributed by atoms with E-state index in [-0.39, 0.29) is 18.2 Å². The number of carbonyl (C=O) groups excluding carboxylic acids is 2. The Balaban J connectivity index is 1.82. The summed E-state index contributed by atoms with van der Waals surface area (Å²) in [5.74, 6) is -0.319. The van der Waals surface area contributed by atoms with Crippen molar-refractivity contribution >= 4 is 35.0 Å². The number of carbonyl (C=O) groups is 2. The summed E-state index contributed by atoms with van der Waals surface area (Å²) in [7, 11) is 0. The number of benzene rings is 2. The van der Waals surface area contributed by atoms with Crippen LogP contribution in [-0.2, 0) is 9.59 Å². The van der Waals surface area contributed by atoms with Crippen LogP contribution in [0, 0.1) is 6.92 Å². The minimum absolute atomic E-state index is 0.156. The van der Waals surface area contributed by atoms with Crippen LogP contribution < -0.4 is 10.6 Å². The summed E-state index contributed by atoms with van der Waals surface area (Å²) in [6.07, 6.45) is 0.215. The number of hydrogen-bond acceptors (Lipinski definition) is 4. The highest BCUT2D eigenvalue weighted by Crippen LogP contribution is 2.34. The number of nitrogen functional groups attached to an aromatic ring is 1. The fraction of sp³-hybridized carbons (Fsp3) is 0.176. The fourth-order valence-corrected chi connectivity index (χ4v) is 3.61. The van der Waals surface area contributed by atoms with Crippen molar-refractivity contribution in [3.63, 3.8) is 0 Å². The van der Waals surface area contributed by atoms with Gasteiger partial charge in [0.1, 0.15) is 0 Å². The highest BCUT2D eigenvalue weighted by atomic mass is 32.2. The van der Waals surface area contributed by atoms with Crippen molar-refractivity contribution in [2.45, 2.75) is 23.5 Å². The molecule has 3 rings (SSSR count). The van der Waals surface area contributed by atoms with Gasteiger partial charge >= 0.3 is 0 Å². The molecule has 5 heteroatoms. The van der Waals surface area contributed by atoms with Crippen LogP contribution in [0.3, 0.4) is 0 Å². The zero-order chi connectivity index (χ0) is 15.7. The molecule has 22 heavy (non-hydrogen) atoms. The Morgan fingerprint density at radius 1 is 1.14 bits per heavy atom. The fourth-order valence-electron chi connectivity index (χ4n) is 2.49. The van der Waals surface area contributed by atoms with Gasteiger partial charge in [-0.1, -0.05) is 18.2 Å². The maximum absolute atomic E-state index is 12.6. The van der Waals surface area contributed by atoms with E-state index in [0.29, 0.717) is 11.4 Å². The highest BCUT2D eigenvalue weighted by Gasteiger charge is 2.40. The molecule has 0 saturated carbocycles. The molecule has 1 atom stereocenters. The topological polar surface area (TPSA) is 63.4 Å². The van der Waals surface area contributed by atoms with Crippen LogP contribution in [-0.4, -0.2) is 17.1 Å². The Morgan fingerprint density at radius 3 is 2.64 bits per heavy atom. The van der Waals surface area contributed by atoms with E-state index in [1.807, 2.05) is 43.3 Å². The molecule has 2 aromatic rings. The summed E-state index contributed by atoms with van der Waals surface area (Å²) in [6.45, 7) is 1.94. The van der Waals surface area contributed by atoms with E-state index in [1.54, 1.807) is 12.1 Å². The molecule has 2 aromatic carbocycles. The number of nitrogens with two attached hydrogens (primary N) is 1. The molecule has 0 aromatic heterocycles. The van der Waals surface area contributed by atoms with Crippen LogP contribution in [0.15, 0.2) is 53.4 Å². The van der Waals surface area contributed by atoms with Gasteiger partial charge in [0, 0.05) is 17.0 Å². The molecular weight excluding hydrogens is 296 g/mol. The summed E-state index contributed by atoms with van der Waals surface area (Å²) in [5.41, 5.74) is 8.07. The van der Waals surface area contributed by atoms with Gasteiger partial charge in [0.15, 0.2) is 0 Å². The Morgan fingerprint density at radius 2 is 1.91 bits per heavy atom. The first-order chi connectivity index (χ1) is 10.5. The number of aryl methyl sites for hydroxylation is 1. The summed E-state index contributed by atoms with van der Waals surface area (Å²) >= 11 is 1.39. The number of rotatable bonds is 3. The summed E-state index contributed by atoms with van der Waals surface area (Å²) in [4.78, 5) is 27.0. The standard InChI is InChI=1S/C17H16N2O2S/c1-11-4-2-6-13(8-11)19-16(20)10-15(17(19)21)22-14-7-3-5-12(18)9-14/h2-9,15H,10,18H2,1H3/t15-/m1/s1. The first kappa shape index (κ1) is 14.7. The van der Waals surface area contributed by atoms with Crippen molar-refractivity contribution < 1.29 is 9.59 Å². The van der Waals surface area contributed by atoms with E-state index in [0.717, 1.165) is 10.5 Å². The lowest BCUT2D eigenvalue weighted by atomic mass is 10.2. The third-order valence-electron chi connectivity index (χ3n) is 3.50. The van der Waals surface area contributed by atoms with E-state index in [9.17, 15) is 9.59 Å². The molecule has 1 fully saturated rings. The van der Waals surface area contributed by atoms with Gasteiger partial charge in [-0.05, 0) is 42.8 Å². The van der Waals surface area contributed by atoms with Gasteiger partial charge in [-0.2, -0.15) is 0 Å². The Labute approximate surface area is 133 Å². The predicted octanol–water partition coefficient (Wildman–Crippen LogP) is 3.00. The van der Waals surface area contributed by atoms with Crippen molar-refractivity contribution in [3.05, 3.63) is 54.1 Å². The lowest BCUT2D eigenvalue weighted by Gasteiger charge is -2.15. The summed E-state index contributed by atoms with van der Waals surface area (Å²) in [5, 5.41) is -0.394. The molecule has 1 saturated heterocycles. The molecule has 0 spiro atoms. The first-order valence-electron chi connectivity index (χ1n) is 7.00. The molecule has 112 valence electrons. The molecule has 2 N–H and O–H groups in total. The molecule has 2 amide bonds. The van der Waals surface area contributed by atoms with E-state index in [2.05, 4.69) is 0 Å². The minimum atomic E-state index is -0.394. The maximum atomic E-state index is 12.6. The molecule has 1 heterocycles. The van der Waals surface area contributed by atoms with Crippen LogP contribution >= 0.6 is 11.8 Å². The van der Waals surface area contributed by atoms with Crippen LogP contribution in [0.2, 0.25) is 0 Å². The number of thioether (sulfide) groups is 1. The molecule has 1 aliphatic heterocycles. The van der Waals surface area contributed by atoms with Crippen molar-refractivity contribution in [2.24, 2.45) is 0 Å². The Bertz CT molecular complexity index is 745. The van der Waals surface area contributed by atoms with Crippen molar-refractivity contribution in [2.75, 3.05) is 10.6 Å². The van der Waals surface area contributed by atoms with E-state index in [4.69, 9.17) is 5.73 Å². The average Bonchev–Trinajstić information content (AvgIpc) is 2.73. The van der Waals surface area contributed by atoms with Crippen molar-refractivity contribution in [1.82, 2.24) is 0 Å². The first-order valence-corrected chi connectivity index (χ1v) is 7.88. The Kier molecular flexibility index (Phi) is 3.90. The second-order valence-electron chi connectivity index (χ2n) is 5.29. The zero-order valence-corrected chi connectivity index (χ0v) is 13.0. The second kappa shape index (κ2) is 5.85. The van der Waals surface area contributed by atoms with Crippen LogP contribution in [0.25, 0.3) is 0 Å². The number of hydrogen-bond donors (Lipinski definition) is 1. The third-order valence-corrected chi connectivity index (χ3v) is 4.68. The van der Waals surface area contributed by atoms with Crippen molar-refractivity contribution in [1.29, 1.82) is 0 Å². The predicted molar refractivity (Wildman–Crippen MR) is 88.8 cm³/mol. The lowest BCUT2D eigenvalue weighted by Crippen LogP contribution is -2.31. The van der Waals surface area contributed by atoms with Gasteiger partial charge < -0.3 is 5.73 Å². The highest BCUT2D eigenvalue weighted by molar-refractivity contribution is 8.00. The van der Waals surface area contributed by atoms with Gasteiger partial charge in [0.05, 0.1) is 10.9 Å². The van der Waals surface area contributed by atoms with E-state index in [1.165, 1.54) is 16.7 Å². The van der Waals surface area contributed by atoms with Gasteiger partial charge in [-0.25, -0.2) is 4.90 Å².